The molecule has 0 aromatic carbocycles. The quantitative estimate of drug-likeness (QED) is 0.729. The van der Waals surface area contributed by atoms with Crippen LogP contribution in [0.2, 0.25) is 0 Å². The Morgan fingerprint density at radius 3 is 2.33 bits per heavy atom. The number of hydrogen-bond acceptors (Lipinski definition) is 5. The Kier molecular flexibility index (Phi) is 6.87. The lowest BCUT2D eigenvalue weighted by Crippen LogP contribution is -2.30. The smallest absolute Gasteiger partial charge is 0.223 e. The van der Waals surface area contributed by atoms with Crippen molar-refractivity contribution < 1.29 is 10.2 Å². The molecular formula is C15H27N3O3. The standard InChI is InChI=1S/C15H27N3O3/c1-5-17(6-2)7-8-18-12(11-19)9-14(20)15(21)13(18)10-16(3)4/h9,19,21H,5-8,10-11H2,1-4H3. The molecule has 0 amide bonds. The van der Waals surface area contributed by atoms with Crippen LogP contribution < -0.4 is 5.43 Å². The number of hydrogen-bond donors (Lipinski definition) is 2. The van der Waals surface area contributed by atoms with Crippen molar-refractivity contribution in [3.63, 3.8) is 0 Å². The van der Waals surface area contributed by atoms with Crippen LogP contribution in [0.15, 0.2) is 10.9 Å². The number of pyridine rings is 1. The Morgan fingerprint density at radius 2 is 1.86 bits per heavy atom. The first-order chi connectivity index (χ1) is 9.94. The summed E-state index contributed by atoms with van der Waals surface area (Å²) in [5.41, 5.74) is 0.667. The predicted octanol–water partition coefficient (Wildman–Crippen LogP) is 0.450. The number of aliphatic hydroxyl groups is 1. The van der Waals surface area contributed by atoms with Crippen molar-refractivity contribution in [2.45, 2.75) is 33.5 Å². The van der Waals surface area contributed by atoms with Crippen LogP contribution in [0, 0.1) is 0 Å². The van der Waals surface area contributed by atoms with Crippen LogP contribution in [0.3, 0.4) is 0 Å². The molecule has 1 heterocycles. The van der Waals surface area contributed by atoms with Gasteiger partial charge in [-0.3, -0.25) is 4.79 Å². The van der Waals surface area contributed by atoms with Crippen molar-refractivity contribution in [3.8, 4) is 5.75 Å². The molecule has 0 aliphatic heterocycles. The third-order valence-corrected chi connectivity index (χ3v) is 3.64. The van der Waals surface area contributed by atoms with Gasteiger partial charge in [-0.15, -0.1) is 0 Å². The first kappa shape index (κ1) is 17.7. The maximum absolute atomic E-state index is 11.8. The van der Waals surface area contributed by atoms with Gasteiger partial charge in [0.2, 0.25) is 5.43 Å². The van der Waals surface area contributed by atoms with Crippen LogP contribution in [0.25, 0.3) is 0 Å². The van der Waals surface area contributed by atoms with E-state index in [1.54, 1.807) is 0 Å². The van der Waals surface area contributed by atoms with Crippen molar-refractivity contribution in [1.82, 2.24) is 14.4 Å². The second kappa shape index (κ2) is 8.17. The molecule has 0 atom stereocenters. The van der Waals surface area contributed by atoms with Crippen LogP contribution >= 0.6 is 0 Å². The zero-order chi connectivity index (χ0) is 16.0. The number of aromatic hydroxyl groups is 1. The Bertz CT molecular complexity index is 508. The Balaban J connectivity index is 3.19. The predicted molar refractivity (Wildman–Crippen MR) is 83.5 cm³/mol. The van der Waals surface area contributed by atoms with E-state index in [-0.39, 0.29) is 12.4 Å². The molecule has 1 aromatic rings. The molecule has 0 saturated heterocycles. The number of aromatic nitrogens is 1. The van der Waals surface area contributed by atoms with E-state index >= 15 is 0 Å². The molecule has 120 valence electrons. The molecule has 0 aliphatic carbocycles. The van der Waals surface area contributed by atoms with E-state index in [4.69, 9.17) is 0 Å². The van der Waals surface area contributed by atoms with Gasteiger partial charge in [-0.25, -0.2) is 0 Å². The van der Waals surface area contributed by atoms with Gasteiger partial charge in [0, 0.05) is 31.4 Å². The minimum absolute atomic E-state index is 0.214. The van der Waals surface area contributed by atoms with Gasteiger partial charge in [-0.2, -0.15) is 0 Å². The Labute approximate surface area is 126 Å². The van der Waals surface area contributed by atoms with Crippen molar-refractivity contribution in [1.29, 1.82) is 0 Å². The number of likely N-dealkylation sites (N-methyl/N-ethyl adjacent to an activating group) is 1. The summed E-state index contributed by atoms with van der Waals surface area (Å²) in [4.78, 5) is 16.0. The van der Waals surface area contributed by atoms with Gasteiger partial charge in [0.15, 0.2) is 5.75 Å². The van der Waals surface area contributed by atoms with E-state index in [2.05, 4.69) is 18.7 Å². The lowest BCUT2D eigenvalue weighted by Gasteiger charge is -2.24. The molecule has 0 bridgehead atoms. The highest BCUT2D eigenvalue weighted by Gasteiger charge is 2.15. The highest BCUT2D eigenvalue weighted by molar-refractivity contribution is 5.30. The summed E-state index contributed by atoms with van der Waals surface area (Å²) in [5, 5.41) is 19.6. The molecular weight excluding hydrogens is 270 g/mol. The summed E-state index contributed by atoms with van der Waals surface area (Å²) in [6, 6.07) is 1.32. The molecule has 0 unspecified atom stereocenters. The lowest BCUT2D eigenvalue weighted by molar-refractivity contribution is 0.250. The van der Waals surface area contributed by atoms with Crippen LogP contribution in [-0.4, -0.2) is 58.3 Å². The van der Waals surface area contributed by atoms with Crippen LogP contribution in [0.4, 0.5) is 0 Å². The van der Waals surface area contributed by atoms with Crippen LogP contribution in [0.5, 0.6) is 5.75 Å². The van der Waals surface area contributed by atoms with Crippen LogP contribution in [-0.2, 0) is 19.7 Å². The van der Waals surface area contributed by atoms with E-state index in [0.29, 0.717) is 24.5 Å². The summed E-state index contributed by atoms with van der Waals surface area (Å²) < 4.78 is 1.86. The Morgan fingerprint density at radius 1 is 1.24 bits per heavy atom. The number of rotatable bonds is 8. The maximum atomic E-state index is 11.8. The molecule has 21 heavy (non-hydrogen) atoms. The first-order valence-corrected chi connectivity index (χ1v) is 7.37. The summed E-state index contributed by atoms with van der Waals surface area (Å²) in [5.74, 6) is -0.222. The van der Waals surface area contributed by atoms with Gasteiger partial charge < -0.3 is 24.6 Å². The summed E-state index contributed by atoms with van der Waals surface area (Å²) in [6.45, 7) is 7.76. The second-order valence-corrected chi connectivity index (χ2v) is 5.37. The molecule has 0 radical (unpaired) electrons. The van der Waals surface area contributed by atoms with Gasteiger partial charge in [-0.1, -0.05) is 13.8 Å². The summed E-state index contributed by atoms with van der Waals surface area (Å²) in [7, 11) is 3.76. The minimum atomic E-state index is -0.435. The van der Waals surface area contributed by atoms with Crippen molar-refractivity contribution in [2.24, 2.45) is 0 Å². The zero-order valence-electron chi connectivity index (χ0n) is 13.5. The average Bonchev–Trinajstić information content (AvgIpc) is 2.46. The second-order valence-electron chi connectivity index (χ2n) is 5.37. The molecule has 0 fully saturated rings. The van der Waals surface area contributed by atoms with E-state index < -0.39 is 5.43 Å². The van der Waals surface area contributed by atoms with Gasteiger partial charge >= 0.3 is 0 Å². The van der Waals surface area contributed by atoms with Crippen molar-refractivity contribution >= 4 is 0 Å². The monoisotopic (exact) mass is 297 g/mol. The fourth-order valence-corrected chi connectivity index (χ4v) is 2.39. The van der Waals surface area contributed by atoms with Gasteiger partial charge in [0.25, 0.3) is 0 Å². The molecule has 2 N–H and O–H groups in total. The fourth-order valence-electron chi connectivity index (χ4n) is 2.39. The van der Waals surface area contributed by atoms with Gasteiger partial charge in [0.05, 0.1) is 12.3 Å². The van der Waals surface area contributed by atoms with E-state index in [9.17, 15) is 15.0 Å². The van der Waals surface area contributed by atoms with E-state index in [1.165, 1.54) is 6.07 Å². The molecule has 6 heteroatoms. The highest BCUT2D eigenvalue weighted by atomic mass is 16.3. The lowest BCUT2D eigenvalue weighted by atomic mass is 10.2. The average molecular weight is 297 g/mol. The summed E-state index contributed by atoms with van der Waals surface area (Å²) in [6.07, 6.45) is 0. The summed E-state index contributed by atoms with van der Waals surface area (Å²) >= 11 is 0. The largest absolute Gasteiger partial charge is 0.503 e. The van der Waals surface area contributed by atoms with Gasteiger partial charge in [0.1, 0.15) is 0 Å². The number of aliphatic hydroxyl groups excluding tert-OH is 1. The van der Waals surface area contributed by atoms with Gasteiger partial charge in [-0.05, 0) is 27.2 Å². The van der Waals surface area contributed by atoms with Crippen molar-refractivity contribution in [3.05, 3.63) is 27.7 Å². The first-order valence-electron chi connectivity index (χ1n) is 7.37. The molecule has 6 nitrogen and oxygen atoms in total. The third kappa shape index (κ3) is 4.56. The van der Waals surface area contributed by atoms with E-state index in [0.717, 1.165) is 19.6 Å². The van der Waals surface area contributed by atoms with Crippen LogP contribution in [0.1, 0.15) is 25.2 Å². The minimum Gasteiger partial charge on any atom is -0.503 e. The topological polar surface area (TPSA) is 68.9 Å². The maximum Gasteiger partial charge on any atom is 0.223 e. The molecule has 0 aliphatic rings. The normalized spacial score (nSPS) is 11.6. The fraction of sp³-hybridized carbons (Fsp3) is 0.667. The molecule has 0 saturated carbocycles. The Hall–Kier alpha value is -1.37. The molecule has 0 spiro atoms. The SMILES string of the molecule is CCN(CC)CCn1c(CO)cc(=O)c(O)c1CN(C)C. The van der Waals surface area contributed by atoms with E-state index in [1.807, 2.05) is 23.6 Å². The third-order valence-electron chi connectivity index (χ3n) is 3.64. The zero-order valence-corrected chi connectivity index (χ0v) is 13.5. The van der Waals surface area contributed by atoms with Crippen molar-refractivity contribution in [2.75, 3.05) is 33.7 Å². The molecule has 1 rings (SSSR count). The highest BCUT2D eigenvalue weighted by Crippen LogP contribution is 2.16. The molecule has 1 aromatic heterocycles. The number of nitrogens with zero attached hydrogens (tertiary/aromatic N) is 3.